The number of fused-ring (bicyclic) bond motifs is 3. The number of hydrogen-bond donors (Lipinski definition) is 0. The maximum absolute atomic E-state index is 2.40. The van der Waals surface area contributed by atoms with E-state index in [4.69, 9.17) is 0 Å². The highest BCUT2D eigenvalue weighted by atomic mass is 15.1. The summed E-state index contributed by atoms with van der Waals surface area (Å²) < 4.78 is 0. The molecule has 0 aliphatic rings. The van der Waals surface area contributed by atoms with Gasteiger partial charge in [-0.2, -0.15) is 0 Å². The van der Waals surface area contributed by atoms with Gasteiger partial charge in [0.15, 0.2) is 0 Å². The van der Waals surface area contributed by atoms with E-state index in [2.05, 4.69) is 217 Å². The van der Waals surface area contributed by atoms with Crippen LogP contribution in [0.5, 0.6) is 0 Å². The zero-order chi connectivity index (χ0) is 34.1. The molecule has 0 N–H and O–H groups in total. The van der Waals surface area contributed by atoms with E-state index < -0.39 is 0 Å². The van der Waals surface area contributed by atoms with Crippen molar-refractivity contribution in [3.63, 3.8) is 0 Å². The molecule has 0 saturated carbocycles. The van der Waals surface area contributed by atoms with E-state index in [1.54, 1.807) is 0 Å². The van der Waals surface area contributed by atoms with Gasteiger partial charge in [-0.1, -0.05) is 151 Å². The number of nitrogens with zero attached hydrogens (tertiary/aromatic N) is 2. The topological polar surface area (TPSA) is 6.48 Å². The molecule has 0 amide bonds. The fourth-order valence-corrected chi connectivity index (χ4v) is 7.34. The molecule has 0 unspecified atom stereocenters. The predicted octanol–water partition coefficient (Wildman–Crippen LogP) is 14.1. The number of hydrogen-bond acceptors (Lipinski definition) is 2. The van der Waals surface area contributed by atoms with E-state index in [9.17, 15) is 0 Å². The van der Waals surface area contributed by atoms with Crippen molar-refractivity contribution in [2.45, 2.75) is 6.92 Å². The van der Waals surface area contributed by atoms with Crippen LogP contribution in [-0.2, 0) is 0 Å². The molecule has 0 aliphatic heterocycles. The van der Waals surface area contributed by atoms with E-state index in [0.717, 1.165) is 34.1 Å². The molecule has 0 heterocycles. The standard InChI is InChI=1S/C49H36N2/c1-35-23-29-41(30-24-35)50(47-20-8-14-38-11-2-5-17-44(38)47)42-31-25-36(26-32-42)37-27-33-43(34-28-37)51(48-21-9-15-39-12-3-6-18-45(39)48)49-22-10-16-40-13-4-7-19-46(40)49/h2-34H,1H3. The van der Waals surface area contributed by atoms with Crippen LogP contribution in [0.1, 0.15) is 5.56 Å². The van der Waals surface area contributed by atoms with Crippen molar-refractivity contribution in [3.8, 4) is 11.1 Å². The Hall–Kier alpha value is -6.64. The summed E-state index contributed by atoms with van der Waals surface area (Å²) in [7, 11) is 0. The first kappa shape index (κ1) is 30.4. The Bertz CT molecular complexity index is 2540. The van der Waals surface area contributed by atoms with E-state index in [0.29, 0.717) is 0 Å². The second-order valence-electron chi connectivity index (χ2n) is 13.1. The predicted molar refractivity (Wildman–Crippen MR) is 218 cm³/mol. The molecule has 0 spiro atoms. The van der Waals surface area contributed by atoms with Crippen molar-refractivity contribution < 1.29 is 0 Å². The van der Waals surface area contributed by atoms with Gasteiger partial charge in [0, 0.05) is 33.2 Å². The van der Waals surface area contributed by atoms with Crippen LogP contribution >= 0.6 is 0 Å². The van der Waals surface area contributed by atoms with E-state index in [-0.39, 0.29) is 0 Å². The van der Waals surface area contributed by atoms with Crippen LogP contribution in [0, 0.1) is 6.92 Å². The minimum Gasteiger partial charge on any atom is -0.310 e. The summed E-state index contributed by atoms with van der Waals surface area (Å²) in [5.74, 6) is 0. The van der Waals surface area contributed by atoms with Crippen molar-refractivity contribution in [3.05, 3.63) is 206 Å². The van der Waals surface area contributed by atoms with Crippen molar-refractivity contribution in [1.29, 1.82) is 0 Å². The van der Waals surface area contributed by atoms with E-state index in [1.807, 2.05) is 0 Å². The van der Waals surface area contributed by atoms with Crippen LogP contribution in [-0.4, -0.2) is 0 Å². The molecule has 9 aromatic carbocycles. The van der Waals surface area contributed by atoms with Gasteiger partial charge in [-0.15, -0.1) is 0 Å². The summed E-state index contributed by atoms with van der Waals surface area (Å²) in [5, 5.41) is 7.33. The number of rotatable bonds is 7. The molecule has 2 nitrogen and oxygen atoms in total. The van der Waals surface area contributed by atoms with Gasteiger partial charge in [-0.25, -0.2) is 0 Å². The first-order valence-corrected chi connectivity index (χ1v) is 17.5. The van der Waals surface area contributed by atoms with Gasteiger partial charge in [0.1, 0.15) is 0 Å². The summed E-state index contributed by atoms with van der Waals surface area (Å²) in [6, 6.07) is 72.3. The van der Waals surface area contributed by atoms with Crippen LogP contribution in [0.25, 0.3) is 43.4 Å². The lowest BCUT2D eigenvalue weighted by atomic mass is 10.0. The third-order valence-corrected chi connectivity index (χ3v) is 9.90. The lowest BCUT2D eigenvalue weighted by molar-refractivity contribution is 1.29. The Balaban J connectivity index is 1.11. The smallest absolute Gasteiger partial charge is 0.0540 e. The molecule has 0 atom stereocenters. The van der Waals surface area contributed by atoms with E-state index >= 15 is 0 Å². The highest BCUT2D eigenvalue weighted by molar-refractivity contribution is 6.05. The Kier molecular flexibility index (Phi) is 7.75. The van der Waals surface area contributed by atoms with Crippen molar-refractivity contribution >= 4 is 66.4 Å². The monoisotopic (exact) mass is 652 g/mol. The van der Waals surface area contributed by atoms with Gasteiger partial charge in [-0.3, -0.25) is 0 Å². The van der Waals surface area contributed by atoms with Gasteiger partial charge in [0.05, 0.1) is 17.1 Å². The third kappa shape index (κ3) is 5.67. The highest BCUT2D eigenvalue weighted by Gasteiger charge is 2.19. The molecule has 242 valence electrons. The van der Waals surface area contributed by atoms with Crippen molar-refractivity contribution in [1.82, 2.24) is 0 Å². The van der Waals surface area contributed by atoms with Crippen LogP contribution < -0.4 is 9.80 Å². The third-order valence-electron chi connectivity index (χ3n) is 9.90. The summed E-state index contributed by atoms with van der Waals surface area (Å²) in [4.78, 5) is 4.77. The second kappa shape index (κ2) is 13.0. The van der Waals surface area contributed by atoms with Crippen LogP contribution in [0.3, 0.4) is 0 Å². The molecule has 0 aliphatic carbocycles. The molecule has 0 saturated heterocycles. The zero-order valence-corrected chi connectivity index (χ0v) is 28.4. The molecule has 9 aromatic rings. The zero-order valence-electron chi connectivity index (χ0n) is 28.4. The molecule has 2 heteroatoms. The molecule has 51 heavy (non-hydrogen) atoms. The number of aryl methyl sites for hydroxylation is 1. The average Bonchev–Trinajstić information content (AvgIpc) is 3.20. The molecular formula is C49H36N2. The molecule has 0 fully saturated rings. The van der Waals surface area contributed by atoms with Crippen molar-refractivity contribution in [2.24, 2.45) is 0 Å². The molecule has 0 aromatic heterocycles. The number of anilines is 6. The van der Waals surface area contributed by atoms with Crippen LogP contribution in [0.2, 0.25) is 0 Å². The Morgan fingerprint density at radius 2 is 0.588 bits per heavy atom. The van der Waals surface area contributed by atoms with Gasteiger partial charge in [-0.05, 0) is 88.8 Å². The largest absolute Gasteiger partial charge is 0.310 e. The minimum atomic E-state index is 1.12. The average molecular weight is 653 g/mol. The summed E-state index contributed by atoms with van der Waals surface area (Å²) in [6.07, 6.45) is 0. The molecule has 0 radical (unpaired) electrons. The SMILES string of the molecule is Cc1ccc(N(c2ccc(-c3ccc(N(c4cccc5ccccc45)c4cccc5ccccc45)cc3)cc2)c2cccc3ccccc23)cc1. The van der Waals surface area contributed by atoms with Gasteiger partial charge < -0.3 is 9.80 Å². The fraction of sp³-hybridized carbons (Fsp3) is 0.0204. The van der Waals surface area contributed by atoms with Crippen molar-refractivity contribution in [2.75, 3.05) is 9.80 Å². The Morgan fingerprint density at radius 1 is 0.275 bits per heavy atom. The number of benzene rings is 9. The normalized spacial score (nSPS) is 11.2. The molecule has 9 rings (SSSR count). The first-order valence-electron chi connectivity index (χ1n) is 17.5. The van der Waals surface area contributed by atoms with Gasteiger partial charge >= 0.3 is 0 Å². The molecular weight excluding hydrogens is 617 g/mol. The first-order chi connectivity index (χ1) is 25.2. The maximum Gasteiger partial charge on any atom is 0.0540 e. The quantitative estimate of drug-likeness (QED) is 0.169. The van der Waals surface area contributed by atoms with Crippen LogP contribution in [0.15, 0.2) is 200 Å². The Morgan fingerprint density at radius 3 is 1.00 bits per heavy atom. The van der Waals surface area contributed by atoms with Gasteiger partial charge in [0.25, 0.3) is 0 Å². The maximum atomic E-state index is 2.40. The van der Waals surface area contributed by atoms with Crippen LogP contribution in [0.4, 0.5) is 34.1 Å². The highest BCUT2D eigenvalue weighted by Crippen LogP contribution is 2.43. The summed E-state index contributed by atoms with van der Waals surface area (Å²) >= 11 is 0. The lowest BCUT2D eigenvalue weighted by Gasteiger charge is -2.28. The fourth-order valence-electron chi connectivity index (χ4n) is 7.34. The lowest BCUT2D eigenvalue weighted by Crippen LogP contribution is -2.11. The Labute approximate surface area is 299 Å². The summed E-state index contributed by atoms with van der Waals surface area (Å²) in [5.41, 5.74) is 10.4. The minimum absolute atomic E-state index is 1.12. The molecule has 0 bridgehead atoms. The second-order valence-corrected chi connectivity index (χ2v) is 13.1. The summed E-state index contributed by atoms with van der Waals surface area (Å²) in [6.45, 7) is 2.13. The van der Waals surface area contributed by atoms with Gasteiger partial charge in [0.2, 0.25) is 0 Å². The van der Waals surface area contributed by atoms with E-state index in [1.165, 1.54) is 49.0 Å².